The molecule has 3 heterocycles. The van der Waals surface area contributed by atoms with Crippen molar-refractivity contribution in [2.45, 2.75) is 57.4 Å². The molecule has 2 atom stereocenters. The van der Waals surface area contributed by atoms with Gasteiger partial charge < -0.3 is 20.5 Å². The number of hydrogen-bond acceptors (Lipinski definition) is 5. The molecule has 0 amide bonds. The monoisotopic (exact) mass is 446 g/mol. The first-order valence-electron chi connectivity index (χ1n) is 12.9. The van der Waals surface area contributed by atoms with E-state index in [2.05, 4.69) is 62.0 Å². The molecular formula is C27H38N6. The first-order valence-corrected chi connectivity index (χ1v) is 12.9. The molecule has 1 aromatic carbocycles. The predicted molar refractivity (Wildman–Crippen MR) is 136 cm³/mol. The summed E-state index contributed by atoms with van der Waals surface area (Å²) < 4.78 is 2.47. The molecule has 1 aliphatic heterocycles. The van der Waals surface area contributed by atoms with Gasteiger partial charge >= 0.3 is 0 Å². The van der Waals surface area contributed by atoms with Crippen LogP contribution in [0.4, 0.5) is 5.82 Å². The number of benzene rings is 1. The highest BCUT2D eigenvalue weighted by Gasteiger charge is 2.28. The van der Waals surface area contributed by atoms with Gasteiger partial charge in [0.2, 0.25) is 0 Å². The van der Waals surface area contributed by atoms with E-state index in [4.69, 9.17) is 4.98 Å². The van der Waals surface area contributed by atoms with E-state index in [1.165, 1.54) is 55.0 Å². The fraction of sp³-hybridized carbons (Fsp3) is 0.556. The smallest absolute Gasteiger partial charge is 0.146 e. The van der Waals surface area contributed by atoms with Crippen LogP contribution in [0.25, 0.3) is 11.0 Å². The van der Waals surface area contributed by atoms with Gasteiger partial charge in [-0.3, -0.25) is 0 Å². The zero-order valence-electron chi connectivity index (χ0n) is 19.7. The molecule has 33 heavy (non-hydrogen) atoms. The molecule has 0 bridgehead atoms. The summed E-state index contributed by atoms with van der Waals surface area (Å²) in [6, 6.07) is 11.3. The topological polar surface area (TPSA) is 66.8 Å². The van der Waals surface area contributed by atoms with E-state index >= 15 is 0 Å². The van der Waals surface area contributed by atoms with Crippen LogP contribution in [0.5, 0.6) is 0 Å². The van der Waals surface area contributed by atoms with Crippen molar-refractivity contribution in [2.24, 2.45) is 5.92 Å². The molecule has 0 saturated heterocycles. The Morgan fingerprint density at radius 3 is 2.85 bits per heavy atom. The number of rotatable bonds is 10. The Hall–Kier alpha value is -2.44. The van der Waals surface area contributed by atoms with Gasteiger partial charge in [-0.05, 0) is 94.6 Å². The van der Waals surface area contributed by atoms with Crippen LogP contribution in [-0.2, 0) is 12.8 Å². The Labute approximate surface area is 197 Å². The first-order chi connectivity index (χ1) is 16.4. The lowest BCUT2D eigenvalue weighted by atomic mass is 10.1. The van der Waals surface area contributed by atoms with Crippen molar-refractivity contribution >= 4 is 16.9 Å². The highest BCUT2D eigenvalue weighted by molar-refractivity contribution is 5.91. The lowest BCUT2D eigenvalue weighted by Crippen LogP contribution is -2.26. The fourth-order valence-electron chi connectivity index (χ4n) is 5.54. The minimum Gasteiger partial charge on any atom is -0.369 e. The summed E-state index contributed by atoms with van der Waals surface area (Å²) in [6.45, 7) is 5.38. The molecule has 5 rings (SSSR count). The quantitative estimate of drug-likeness (QED) is 0.405. The van der Waals surface area contributed by atoms with E-state index in [-0.39, 0.29) is 0 Å². The average molecular weight is 447 g/mol. The number of nitrogens with one attached hydrogen (secondary N) is 3. The van der Waals surface area contributed by atoms with Gasteiger partial charge in [-0.25, -0.2) is 9.97 Å². The van der Waals surface area contributed by atoms with Crippen molar-refractivity contribution in [3.8, 4) is 0 Å². The zero-order valence-corrected chi connectivity index (χ0v) is 19.7. The van der Waals surface area contributed by atoms with Gasteiger partial charge in [-0.1, -0.05) is 30.3 Å². The Morgan fingerprint density at radius 1 is 1.00 bits per heavy atom. The van der Waals surface area contributed by atoms with Crippen LogP contribution in [0.3, 0.4) is 0 Å². The van der Waals surface area contributed by atoms with Crippen molar-refractivity contribution in [1.29, 1.82) is 0 Å². The van der Waals surface area contributed by atoms with E-state index < -0.39 is 0 Å². The van der Waals surface area contributed by atoms with Crippen LogP contribution in [0.15, 0.2) is 42.9 Å². The van der Waals surface area contributed by atoms with Gasteiger partial charge in [0.15, 0.2) is 0 Å². The van der Waals surface area contributed by atoms with Crippen molar-refractivity contribution in [3.05, 3.63) is 54.0 Å². The number of anilines is 1. The zero-order chi connectivity index (χ0) is 22.3. The molecule has 2 aliphatic rings. The minimum atomic E-state index is 0.566. The second kappa shape index (κ2) is 11.1. The molecule has 3 aromatic rings. The highest BCUT2D eigenvalue weighted by Crippen LogP contribution is 2.38. The molecule has 1 aliphatic carbocycles. The van der Waals surface area contributed by atoms with Crippen molar-refractivity contribution in [1.82, 2.24) is 25.2 Å². The molecular weight excluding hydrogens is 408 g/mol. The van der Waals surface area contributed by atoms with E-state index in [0.29, 0.717) is 6.04 Å². The van der Waals surface area contributed by atoms with E-state index in [9.17, 15) is 0 Å². The number of nitrogens with zero attached hydrogens (tertiary/aromatic N) is 3. The van der Waals surface area contributed by atoms with Gasteiger partial charge in [0.1, 0.15) is 17.8 Å². The van der Waals surface area contributed by atoms with Gasteiger partial charge in [0, 0.05) is 18.8 Å². The molecule has 2 aromatic heterocycles. The summed E-state index contributed by atoms with van der Waals surface area (Å²) in [5.74, 6) is 1.79. The van der Waals surface area contributed by atoms with E-state index in [0.717, 1.165) is 62.9 Å². The molecule has 0 radical (unpaired) electrons. The van der Waals surface area contributed by atoms with Crippen LogP contribution in [0.2, 0.25) is 0 Å². The third kappa shape index (κ3) is 5.56. The fourth-order valence-corrected chi connectivity index (χ4v) is 5.54. The van der Waals surface area contributed by atoms with Gasteiger partial charge in [0.25, 0.3) is 0 Å². The Balaban J connectivity index is 1.05. The summed E-state index contributed by atoms with van der Waals surface area (Å²) in [7, 11) is 0. The Kier molecular flexibility index (Phi) is 7.54. The van der Waals surface area contributed by atoms with Crippen molar-refractivity contribution < 1.29 is 0 Å². The summed E-state index contributed by atoms with van der Waals surface area (Å²) in [5, 5.41) is 12.1. The maximum atomic E-state index is 4.71. The highest BCUT2D eigenvalue weighted by atomic mass is 15.1. The molecule has 0 spiro atoms. The second-order valence-electron chi connectivity index (χ2n) is 9.74. The van der Waals surface area contributed by atoms with Crippen LogP contribution in [-0.4, -0.2) is 47.3 Å². The van der Waals surface area contributed by atoms with Crippen LogP contribution in [0.1, 0.15) is 55.7 Å². The van der Waals surface area contributed by atoms with E-state index in [1.54, 1.807) is 6.33 Å². The standard InChI is InChI=1S/C27H38N6/c1-2-7-21(8-3-1)12-16-28-13-6-14-29-18-22-10-11-24(17-22)33-19-23-9-4-5-15-30-26-25(23)27(33)32-20-31-26/h1-3,7-8,19-20,22,24,28-29H,4-6,9-18H2,(H,30,31,32). The average Bonchev–Trinajstić information content (AvgIpc) is 3.44. The molecule has 6 heteroatoms. The lowest BCUT2D eigenvalue weighted by Gasteiger charge is -2.15. The van der Waals surface area contributed by atoms with E-state index in [1.807, 2.05) is 0 Å². The van der Waals surface area contributed by atoms with Crippen LogP contribution in [0, 0.1) is 5.92 Å². The maximum Gasteiger partial charge on any atom is 0.146 e. The molecule has 2 unspecified atom stereocenters. The summed E-state index contributed by atoms with van der Waals surface area (Å²) in [6.07, 6.45) is 13.8. The molecule has 176 valence electrons. The Bertz CT molecular complexity index is 1010. The molecule has 6 nitrogen and oxygen atoms in total. The third-order valence-electron chi connectivity index (χ3n) is 7.33. The third-order valence-corrected chi connectivity index (χ3v) is 7.33. The lowest BCUT2D eigenvalue weighted by molar-refractivity contribution is 0.451. The predicted octanol–water partition coefficient (Wildman–Crippen LogP) is 4.33. The number of aromatic nitrogens is 3. The normalized spacial score (nSPS) is 20.5. The second-order valence-corrected chi connectivity index (χ2v) is 9.74. The van der Waals surface area contributed by atoms with Crippen molar-refractivity contribution in [3.63, 3.8) is 0 Å². The Morgan fingerprint density at radius 2 is 1.91 bits per heavy atom. The first kappa shape index (κ1) is 22.4. The minimum absolute atomic E-state index is 0.566. The summed E-state index contributed by atoms with van der Waals surface area (Å²) in [5.41, 5.74) is 3.96. The SMILES string of the molecule is c1ccc(CCNCCCNCC2CCC(n3cc4c5c(ncnc53)NCCCC4)C2)cc1. The van der Waals surface area contributed by atoms with Gasteiger partial charge in [0.05, 0.1) is 5.39 Å². The molecule has 1 saturated carbocycles. The largest absolute Gasteiger partial charge is 0.369 e. The molecule has 3 N–H and O–H groups in total. The van der Waals surface area contributed by atoms with Crippen molar-refractivity contribution in [2.75, 3.05) is 38.0 Å². The van der Waals surface area contributed by atoms with Gasteiger partial charge in [-0.2, -0.15) is 0 Å². The van der Waals surface area contributed by atoms with Crippen LogP contribution >= 0.6 is 0 Å². The number of aryl methyl sites for hydroxylation is 1. The summed E-state index contributed by atoms with van der Waals surface area (Å²) in [4.78, 5) is 9.24. The summed E-state index contributed by atoms with van der Waals surface area (Å²) >= 11 is 0. The number of hydrogen-bond donors (Lipinski definition) is 3. The maximum absolute atomic E-state index is 4.71. The van der Waals surface area contributed by atoms with Crippen LogP contribution < -0.4 is 16.0 Å². The molecule has 1 fully saturated rings. The van der Waals surface area contributed by atoms with Gasteiger partial charge in [-0.15, -0.1) is 0 Å².